The van der Waals surface area contributed by atoms with Crippen LogP contribution in [0, 0.1) is 11.6 Å². The fourth-order valence-corrected chi connectivity index (χ4v) is 4.75. The van der Waals surface area contributed by atoms with Crippen LogP contribution in [-0.2, 0) is 0 Å². The highest BCUT2D eigenvalue weighted by molar-refractivity contribution is 5.45. The van der Waals surface area contributed by atoms with Crippen molar-refractivity contribution in [3.05, 3.63) is 70.8 Å². The van der Waals surface area contributed by atoms with Crippen LogP contribution < -0.4 is 11.1 Å². The predicted molar refractivity (Wildman–Crippen MR) is 112 cm³/mol. The molecule has 3 N–H and O–H groups in total. The fourth-order valence-electron chi connectivity index (χ4n) is 4.75. The second-order valence-electron chi connectivity index (χ2n) is 8.05. The molecule has 1 fully saturated rings. The largest absolute Gasteiger partial charge is 0.329 e. The quantitative estimate of drug-likeness (QED) is 0.702. The molecule has 2 aromatic rings. The molecule has 1 aliphatic carbocycles. The summed E-state index contributed by atoms with van der Waals surface area (Å²) in [5.74, 6) is -0.323. The van der Waals surface area contributed by atoms with Crippen molar-refractivity contribution in [3.63, 3.8) is 0 Å². The van der Waals surface area contributed by atoms with E-state index in [-0.39, 0.29) is 23.6 Å². The highest BCUT2D eigenvalue weighted by Crippen LogP contribution is 2.47. The van der Waals surface area contributed by atoms with Gasteiger partial charge in [0.05, 0.1) is 0 Å². The van der Waals surface area contributed by atoms with Crippen molar-refractivity contribution < 1.29 is 8.78 Å². The summed E-state index contributed by atoms with van der Waals surface area (Å²) in [6, 6.07) is 12.1. The third-order valence-electron chi connectivity index (χ3n) is 6.29. The molecule has 4 nitrogen and oxygen atoms in total. The number of nitrogens with one attached hydrogen (secondary N) is 1. The van der Waals surface area contributed by atoms with Gasteiger partial charge >= 0.3 is 0 Å². The number of rotatable bonds is 7. The Balaban J connectivity index is 1.45. The van der Waals surface area contributed by atoms with Crippen molar-refractivity contribution in [2.45, 2.75) is 18.4 Å². The first-order chi connectivity index (χ1) is 14.2. The van der Waals surface area contributed by atoms with Crippen LogP contribution in [0.15, 0.2) is 42.5 Å². The van der Waals surface area contributed by atoms with Crippen LogP contribution in [0.1, 0.15) is 35.1 Å². The summed E-state index contributed by atoms with van der Waals surface area (Å²) < 4.78 is 27.4. The van der Waals surface area contributed by atoms with Gasteiger partial charge in [-0.3, -0.25) is 9.80 Å². The number of nitrogens with two attached hydrogens (primary N) is 1. The minimum absolute atomic E-state index is 0.116. The number of piperazine rings is 1. The maximum Gasteiger partial charge on any atom is 0.123 e. The second-order valence-corrected chi connectivity index (χ2v) is 8.05. The minimum atomic E-state index is -0.236. The summed E-state index contributed by atoms with van der Waals surface area (Å²) in [6.07, 6.45) is 0.919. The number of benzene rings is 2. The average molecular weight is 401 g/mol. The molecule has 1 heterocycles. The number of hydrogen-bond acceptors (Lipinski definition) is 4. The van der Waals surface area contributed by atoms with E-state index in [4.69, 9.17) is 5.73 Å². The van der Waals surface area contributed by atoms with Crippen molar-refractivity contribution in [2.75, 3.05) is 52.4 Å². The van der Waals surface area contributed by atoms with Gasteiger partial charge in [0.25, 0.3) is 0 Å². The van der Waals surface area contributed by atoms with Crippen LogP contribution in [0.4, 0.5) is 8.78 Å². The van der Waals surface area contributed by atoms with E-state index in [0.717, 1.165) is 63.4 Å². The van der Waals surface area contributed by atoms with Crippen LogP contribution in [0.3, 0.4) is 0 Å². The summed E-state index contributed by atoms with van der Waals surface area (Å²) in [5.41, 5.74) is 8.85. The molecule has 2 aliphatic rings. The molecule has 29 heavy (non-hydrogen) atoms. The lowest BCUT2D eigenvalue weighted by atomic mass is 9.93. The van der Waals surface area contributed by atoms with Gasteiger partial charge in [-0.2, -0.15) is 0 Å². The lowest BCUT2D eigenvalue weighted by molar-refractivity contribution is 0.0954. The minimum Gasteiger partial charge on any atom is -0.329 e. The van der Waals surface area contributed by atoms with E-state index in [1.54, 1.807) is 12.1 Å². The Hall–Kier alpha value is -1.86. The average Bonchev–Trinajstić information content (AvgIpc) is 3.11. The van der Waals surface area contributed by atoms with Gasteiger partial charge in [0.15, 0.2) is 0 Å². The lowest BCUT2D eigenvalue weighted by Gasteiger charge is -2.38. The van der Waals surface area contributed by atoms with E-state index in [1.165, 1.54) is 17.7 Å². The van der Waals surface area contributed by atoms with Crippen molar-refractivity contribution in [1.82, 2.24) is 15.1 Å². The molecule has 0 bridgehead atoms. The zero-order valence-corrected chi connectivity index (χ0v) is 16.8. The second kappa shape index (κ2) is 9.30. The van der Waals surface area contributed by atoms with Gasteiger partial charge in [-0.1, -0.05) is 18.2 Å². The van der Waals surface area contributed by atoms with E-state index < -0.39 is 0 Å². The summed E-state index contributed by atoms with van der Waals surface area (Å²) in [5, 5.41) is 3.35. The number of fused-ring (bicyclic) bond motifs is 1. The highest BCUT2D eigenvalue weighted by Gasteiger charge is 2.36. The van der Waals surface area contributed by atoms with Gasteiger partial charge in [0.2, 0.25) is 0 Å². The molecule has 2 unspecified atom stereocenters. The van der Waals surface area contributed by atoms with Crippen molar-refractivity contribution in [2.24, 2.45) is 5.73 Å². The number of hydrogen-bond donors (Lipinski definition) is 2. The summed E-state index contributed by atoms with van der Waals surface area (Å²) in [6.45, 7) is 7.64. The smallest absolute Gasteiger partial charge is 0.123 e. The number of nitrogens with zero attached hydrogens (tertiary/aromatic N) is 2. The van der Waals surface area contributed by atoms with Crippen LogP contribution in [-0.4, -0.2) is 62.2 Å². The van der Waals surface area contributed by atoms with E-state index in [2.05, 4.69) is 15.1 Å². The van der Waals surface area contributed by atoms with Crippen molar-refractivity contribution >= 4 is 0 Å². The van der Waals surface area contributed by atoms with Crippen molar-refractivity contribution in [3.8, 4) is 0 Å². The molecule has 156 valence electrons. The van der Waals surface area contributed by atoms with Crippen molar-refractivity contribution in [1.29, 1.82) is 0 Å². The molecule has 0 radical (unpaired) electrons. The third kappa shape index (κ3) is 4.67. The van der Waals surface area contributed by atoms with Gasteiger partial charge < -0.3 is 11.1 Å². The Morgan fingerprint density at radius 1 is 0.897 bits per heavy atom. The topological polar surface area (TPSA) is 44.5 Å². The molecule has 6 heteroatoms. The first-order valence-corrected chi connectivity index (χ1v) is 10.6. The van der Waals surface area contributed by atoms with Crippen LogP contribution in [0.2, 0.25) is 0 Å². The Kier molecular flexibility index (Phi) is 6.55. The van der Waals surface area contributed by atoms with Crippen LogP contribution in [0.5, 0.6) is 0 Å². The Morgan fingerprint density at radius 2 is 1.62 bits per heavy atom. The molecule has 1 saturated heterocycles. The molecule has 0 saturated carbocycles. The van der Waals surface area contributed by atoms with Crippen LogP contribution >= 0.6 is 0 Å². The summed E-state index contributed by atoms with van der Waals surface area (Å²) >= 11 is 0. The Labute approximate surface area is 171 Å². The van der Waals surface area contributed by atoms with Gasteiger partial charge in [0.1, 0.15) is 11.6 Å². The zero-order valence-electron chi connectivity index (χ0n) is 16.8. The Bertz CT molecular complexity index is 803. The van der Waals surface area contributed by atoms with Gasteiger partial charge in [-0.25, -0.2) is 8.78 Å². The first kappa shape index (κ1) is 20.4. The van der Waals surface area contributed by atoms with Crippen LogP contribution in [0.25, 0.3) is 0 Å². The Morgan fingerprint density at radius 3 is 2.34 bits per heavy atom. The molecule has 0 amide bonds. The fraction of sp³-hybridized carbons (Fsp3) is 0.478. The maximum absolute atomic E-state index is 14.0. The molecule has 0 spiro atoms. The predicted octanol–water partition coefficient (Wildman–Crippen LogP) is 2.71. The molecule has 1 aliphatic heterocycles. The first-order valence-electron chi connectivity index (χ1n) is 10.6. The summed E-state index contributed by atoms with van der Waals surface area (Å²) in [4.78, 5) is 5.02. The van der Waals surface area contributed by atoms with Gasteiger partial charge in [-0.15, -0.1) is 0 Å². The molecular formula is C23H30F2N4. The maximum atomic E-state index is 14.0. The SMILES string of the molecule is NCCNCCN1CCN(C2CC(c3ccc(F)cc3)c3cc(F)ccc32)CC1. The summed E-state index contributed by atoms with van der Waals surface area (Å²) in [7, 11) is 0. The zero-order chi connectivity index (χ0) is 20.2. The van der Waals surface area contributed by atoms with E-state index in [1.807, 2.05) is 18.2 Å². The van der Waals surface area contributed by atoms with Gasteiger partial charge in [0, 0.05) is 64.3 Å². The standard InChI is InChI=1S/C23H30F2N4/c24-18-3-1-17(2-4-18)21-16-23(20-6-5-19(25)15-22(20)21)29-13-11-28(12-14-29)10-9-27-8-7-26/h1-6,15,21,23,27H,7-14,16,26H2. The lowest BCUT2D eigenvalue weighted by Crippen LogP contribution is -2.49. The van der Waals surface area contributed by atoms with Gasteiger partial charge in [-0.05, 0) is 47.4 Å². The van der Waals surface area contributed by atoms with E-state index in [9.17, 15) is 8.78 Å². The molecule has 2 aromatic carbocycles. The third-order valence-corrected chi connectivity index (χ3v) is 6.29. The highest BCUT2D eigenvalue weighted by atomic mass is 19.1. The van der Waals surface area contributed by atoms with E-state index in [0.29, 0.717) is 6.54 Å². The monoisotopic (exact) mass is 400 g/mol. The van der Waals surface area contributed by atoms with E-state index >= 15 is 0 Å². The molecule has 0 aromatic heterocycles. The molecular weight excluding hydrogens is 370 g/mol. The normalized spacial score (nSPS) is 22.7. The number of halogens is 2. The molecule has 4 rings (SSSR count). The molecule has 2 atom stereocenters.